The minimum Gasteiger partial charge on any atom is -0.368 e. The molecular weight excluding hydrogens is 550 g/mol. The number of aryl methyl sites for hydroxylation is 2. The molecule has 44 heavy (non-hydrogen) atoms. The average Bonchev–Trinajstić information content (AvgIpc) is 2.98. The Hall–Kier alpha value is -3.69. The first-order chi connectivity index (χ1) is 21.0. The fraction of sp³-hybridized carbons (Fsp3) is 0.514. The number of aromatic nitrogens is 2. The Labute approximate surface area is 262 Å². The maximum absolute atomic E-state index is 13.9. The Balaban J connectivity index is 1.50. The Kier molecular flexibility index (Phi) is 9.75. The number of carbonyl (C=O) groups is 1. The van der Waals surface area contributed by atoms with E-state index in [1.165, 1.54) is 0 Å². The van der Waals surface area contributed by atoms with Crippen LogP contribution in [0.1, 0.15) is 66.4 Å². The molecule has 2 aliphatic rings. The molecule has 0 saturated carbocycles. The lowest BCUT2D eigenvalue weighted by atomic mass is 9.91. The van der Waals surface area contributed by atoms with E-state index in [-0.39, 0.29) is 18.0 Å². The molecule has 1 amide bonds. The quantitative estimate of drug-likeness (QED) is 0.353. The predicted molar refractivity (Wildman–Crippen MR) is 180 cm³/mol. The number of piperidine rings is 1. The van der Waals surface area contributed by atoms with Crippen LogP contribution in [0.3, 0.4) is 0 Å². The number of likely N-dealkylation sites (N-methyl/N-ethyl adjacent to an activating group) is 1. The zero-order chi connectivity index (χ0) is 31.5. The number of H-pyrrole nitrogens is 1. The summed E-state index contributed by atoms with van der Waals surface area (Å²) in [7, 11) is 2.15. The molecule has 0 spiro atoms. The molecule has 3 N–H and O–H groups in total. The summed E-state index contributed by atoms with van der Waals surface area (Å²) in [4.78, 5) is 41.4. The summed E-state index contributed by atoms with van der Waals surface area (Å²) in [6, 6.07) is 11.6. The highest BCUT2D eigenvalue weighted by molar-refractivity contribution is 5.99. The minimum absolute atomic E-state index is 0.160. The fourth-order valence-corrected chi connectivity index (χ4v) is 6.96. The molecule has 236 valence electrons. The predicted octanol–water partition coefficient (Wildman–Crippen LogP) is 4.40. The summed E-state index contributed by atoms with van der Waals surface area (Å²) >= 11 is 0. The van der Waals surface area contributed by atoms with Gasteiger partial charge in [-0.05, 0) is 108 Å². The molecule has 2 aromatic heterocycles. The molecule has 5 rings (SSSR count). The van der Waals surface area contributed by atoms with E-state index in [1.54, 1.807) is 0 Å². The number of hydrogen-bond donors (Lipinski definition) is 3. The van der Waals surface area contributed by atoms with Gasteiger partial charge in [-0.25, -0.2) is 4.98 Å². The van der Waals surface area contributed by atoms with Gasteiger partial charge in [0.2, 0.25) is 0 Å². The number of carbonyl (C=O) groups excluding carboxylic acids is 1. The van der Waals surface area contributed by atoms with Crippen molar-refractivity contribution in [2.45, 2.75) is 79.1 Å². The first-order valence-corrected chi connectivity index (χ1v) is 16.1. The van der Waals surface area contributed by atoms with Crippen molar-refractivity contribution in [3.63, 3.8) is 0 Å². The second-order valence-corrected chi connectivity index (χ2v) is 12.9. The molecule has 2 aliphatic heterocycles. The van der Waals surface area contributed by atoms with E-state index in [0.29, 0.717) is 29.3 Å². The normalized spacial score (nSPS) is 20.9. The van der Waals surface area contributed by atoms with Crippen LogP contribution >= 0.6 is 0 Å². The van der Waals surface area contributed by atoms with E-state index in [9.17, 15) is 9.59 Å². The van der Waals surface area contributed by atoms with Crippen LogP contribution in [0.5, 0.6) is 0 Å². The van der Waals surface area contributed by atoms with Crippen molar-refractivity contribution >= 4 is 17.4 Å². The van der Waals surface area contributed by atoms with E-state index >= 15 is 0 Å². The van der Waals surface area contributed by atoms with Crippen molar-refractivity contribution < 1.29 is 4.79 Å². The zero-order valence-corrected chi connectivity index (χ0v) is 27.5. The Bertz CT molecular complexity index is 1520. The van der Waals surface area contributed by atoms with Crippen molar-refractivity contribution in [3.05, 3.63) is 74.8 Å². The van der Waals surface area contributed by atoms with E-state index in [0.717, 1.165) is 85.0 Å². The van der Waals surface area contributed by atoms with Gasteiger partial charge in [0.05, 0.1) is 0 Å². The summed E-state index contributed by atoms with van der Waals surface area (Å²) in [5, 5.41) is 6.72. The summed E-state index contributed by atoms with van der Waals surface area (Å²) in [5.74, 6) is 0.800. The number of nitrogens with one attached hydrogen (secondary N) is 3. The van der Waals surface area contributed by atoms with E-state index < -0.39 is 0 Å². The number of aromatic amines is 1. The molecule has 4 heterocycles. The first-order valence-electron chi connectivity index (χ1n) is 16.1. The highest BCUT2D eigenvalue weighted by atomic mass is 16.1. The van der Waals surface area contributed by atoms with Gasteiger partial charge in [0, 0.05) is 91.7 Å². The molecule has 0 bridgehead atoms. The summed E-state index contributed by atoms with van der Waals surface area (Å²) < 4.78 is 0. The van der Waals surface area contributed by atoms with Crippen molar-refractivity contribution in [3.8, 4) is 11.1 Å². The molecule has 1 aromatic carbocycles. The molecule has 2 saturated heterocycles. The van der Waals surface area contributed by atoms with Gasteiger partial charge in [0.25, 0.3) is 11.5 Å². The Morgan fingerprint density at radius 2 is 1.73 bits per heavy atom. The molecule has 2 atom stereocenters. The van der Waals surface area contributed by atoms with Gasteiger partial charge in [-0.2, -0.15) is 0 Å². The van der Waals surface area contributed by atoms with Gasteiger partial charge in [-0.1, -0.05) is 0 Å². The third-order valence-electron chi connectivity index (χ3n) is 9.36. The van der Waals surface area contributed by atoms with Crippen LogP contribution in [0.4, 0.5) is 11.5 Å². The maximum Gasteiger partial charge on any atom is 0.253 e. The summed E-state index contributed by atoms with van der Waals surface area (Å²) in [6.45, 7) is 17.5. The topological polar surface area (TPSA) is 96.6 Å². The van der Waals surface area contributed by atoms with Crippen molar-refractivity contribution in [2.24, 2.45) is 0 Å². The van der Waals surface area contributed by atoms with Gasteiger partial charge >= 0.3 is 0 Å². The van der Waals surface area contributed by atoms with Crippen molar-refractivity contribution in [1.82, 2.24) is 25.5 Å². The monoisotopic (exact) mass is 599 g/mol. The average molecular weight is 600 g/mol. The number of amides is 1. The highest BCUT2D eigenvalue weighted by Gasteiger charge is 2.29. The van der Waals surface area contributed by atoms with E-state index in [1.807, 2.05) is 39.1 Å². The van der Waals surface area contributed by atoms with Gasteiger partial charge in [-0.3, -0.25) is 9.59 Å². The zero-order valence-electron chi connectivity index (χ0n) is 27.5. The van der Waals surface area contributed by atoms with Crippen LogP contribution in [0, 0.1) is 20.8 Å². The minimum atomic E-state index is -0.185. The number of nitrogens with zero attached hydrogens (tertiary/aromatic N) is 4. The lowest BCUT2D eigenvalue weighted by Gasteiger charge is -2.41. The van der Waals surface area contributed by atoms with Crippen LogP contribution in [-0.2, 0) is 6.54 Å². The molecular formula is C35H49N7O2. The van der Waals surface area contributed by atoms with Gasteiger partial charge in [-0.15, -0.1) is 0 Å². The molecule has 3 aromatic rings. The largest absolute Gasteiger partial charge is 0.368 e. The standard InChI is InChI=1S/C35H49N7O2/c1-8-42(29-16-24(4)38-25(5)17-29)32-19-28(27-9-10-33(36-20-27)41-13-11-40(7)12-14-41)18-30(26(32)6)34(43)37-21-31-22(2)15-23(3)39-35(31)44/h9-10,15,18-20,24-25,29,38H,8,11-14,16-17,21H2,1-7H3,(H,37,43)(H,39,44). The summed E-state index contributed by atoms with van der Waals surface area (Å²) in [5.41, 5.74) is 6.69. The second-order valence-electron chi connectivity index (χ2n) is 12.9. The van der Waals surface area contributed by atoms with E-state index in [4.69, 9.17) is 4.98 Å². The van der Waals surface area contributed by atoms with Crippen molar-refractivity contribution in [2.75, 3.05) is 49.6 Å². The number of benzene rings is 1. The number of hydrogen-bond acceptors (Lipinski definition) is 7. The number of pyridine rings is 2. The third-order valence-corrected chi connectivity index (χ3v) is 9.36. The molecule has 0 aliphatic carbocycles. The van der Waals surface area contributed by atoms with Crippen molar-refractivity contribution in [1.29, 1.82) is 0 Å². The molecule has 2 fully saturated rings. The maximum atomic E-state index is 13.9. The molecule has 0 radical (unpaired) electrons. The first kappa shape index (κ1) is 31.7. The van der Waals surface area contributed by atoms with Crippen LogP contribution in [-0.4, -0.2) is 78.7 Å². The SMILES string of the molecule is CCN(c1cc(-c2ccc(N3CCN(C)CC3)nc2)cc(C(=O)NCc2c(C)cc(C)[nH]c2=O)c1C)C1CC(C)NC(C)C1. The highest BCUT2D eigenvalue weighted by Crippen LogP contribution is 2.35. The number of piperazine rings is 1. The summed E-state index contributed by atoms with van der Waals surface area (Å²) in [6.07, 6.45) is 4.02. The Morgan fingerprint density at radius 3 is 2.34 bits per heavy atom. The Morgan fingerprint density at radius 1 is 1.02 bits per heavy atom. The van der Waals surface area contributed by atoms with E-state index in [2.05, 4.69) is 76.3 Å². The van der Waals surface area contributed by atoms with Gasteiger partial charge in [0.15, 0.2) is 0 Å². The van der Waals surface area contributed by atoms with Gasteiger partial charge < -0.3 is 30.3 Å². The van der Waals surface area contributed by atoms with Gasteiger partial charge in [0.1, 0.15) is 5.82 Å². The smallest absolute Gasteiger partial charge is 0.253 e. The molecule has 2 unspecified atom stereocenters. The third kappa shape index (κ3) is 7.00. The second kappa shape index (κ2) is 13.5. The molecule has 9 heteroatoms. The number of anilines is 2. The lowest BCUT2D eigenvalue weighted by Crippen LogP contribution is -2.51. The van der Waals surface area contributed by atoms with Crippen LogP contribution in [0.2, 0.25) is 0 Å². The van der Waals surface area contributed by atoms with Crippen LogP contribution < -0.4 is 26.0 Å². The number of rotatable bonds is 8. The van der Waals surface area contributed by atoms with Crippen LogP contribution in [0.15, 0.2) is 41.3 Å². The van der Waals surface area contributed by atoms with Crippen LogP contribution in [0.25, 0.3) is 11.1 Å². The fourth-order valence-electron chi connectivity index (χ4n) is 6.96. The molecule has 9 nitrogen and oxygen atoms in total. The lowest BCUT2D eigenvalue weighted by molar-refractivity contribution is 0.0950.